The number of aliphatic carboxylic acids is 1. The van der Waals surface area contributed by atoms with E-state index in [1.54, 1.807) is 0 Å². The number of ether oxygens (including phenoxy) is 1. The van der Waals surface area contributed by atoms with Gasteiger partial charge in [-0.15, -0.1) is 3.89 Å². The Bertz CT molecular complexity index is 408. The molecule has 0 aromatic carbocycles. The Kier molecular flexibility index (Phi) is 4.40. The van der Waals surface area contributed by atoms with E-state index in [0.29, 0.717) is 0 Å². The van der Waals surface area contributed by atoms with Crippen molar-refractivity contribution in [1.29, 1.82) is 0 Å². The highest BCUT2D eigenvalue weighted by Crippen LogP contribution is 2.18. The molecule has 98 valence electrons. The minimum absolute atomic E-state index is 0.0451. The van der Waals surface area contributed by atoms with Crippen molar-refractivity contribution < 1.29 is 31.7 Å². The molecule has 1 saturated heterocycles. The number of hydrogen-bond donors (Lipinski definition) is 1. The van der Waals surface area contributed by atoms with E-state index in [9.17, 15) is 21.9 Å². The number of likely N-dealkylation sites (tertiary alicyclic amines) is 1. The van der Waals surface area contributed by atoms with Crippen molar-refractivity contribution in [1.82, 2.24) is 4.90 Å². The predicted octanol–water partition coefficient (Wildman–Crippen LogP) is -1.01. The van der Waals surface area contributed by atoms with Crippen LogP contribution in [0.2, 0.25) is 0 Å². The summed E-state index contributed by atoms with van der Waals surface area (Å²) in [6.07, 6.45) is 0.0451. The van der Waals surface area contributed by atoms with Crippen molar-refractivity contribution in [2.75, 3.05) is 26.3 Å². The topological polar surface area (TPSA) is 101 Å². The highest BCUT2D eigenvalue weighted by molar-refractivity contribution is 7.87. The smallest absolute Gasteiger partial charge is 0.329 e. The summed E-state index contributed by atoms with van der Waals surface area (Å²) in [6, 6.07) is 0. The molecule has 1 fully saturated rings. The predicted molar refractivity (Wildman–Crippen MR) is 53.5 cm³/mol. The van der Waals surface area contributed by atoms with Gasteiger partial charge in [0.2, 0.25) is 5.91 Å². The number of hydrogen-bond acceptors (Lipinski definition) is 5. The van der Waals surface area contributed by atoms with Crippen LogP contribution in [0.1, 0.15) is 6.42 Å². The lowest BCUT2D eigenvalue weighted by Gasteiger charge is -2.15. The molecule has 1 N–H and O–H groups in total. The van der Waals surface area contributed by atoms with Crippen LogP contribution in [0.25, 0.3) is 0 Å². The van der Waals surface area contributed by atoms with Crippen LogP contribution in [0, 0.1) is 0 Å². The van der Waals surface area contributed by atoms with Crippen molar-refractivity contribution in [3.05, 3.63) is 0 Å². The van der Waals surface area contributed by atoms with Crippen LogP contribution in [-0.4, -0.2) is 61.9 Å². The summed E-state index contributed by atoms with van der Waals surface area (Å²) in [5, 5.41) is 7.07. The zero-order chi connectivity index (χ0) is 13.1. The number of carbonyl (C=O) groups excluding carboxylic acids is 1. The van der Waals surface area contributed by atoms with Crippen LogP contribution in [0.5, 0.6) is 0 Å². The molecule has 0 spiro atoms. The molecule has 17 heavy (non-hydrogen) atoms. The van der Waals surface area contributed by atoms with Crippen LogP contribution < -0.4 is 0 Å². The second-order valence-corrected chi connectivity index (χ2v) is 5.23. The van der Waals surface area contributed by atoms with Gasteiger partial charge in [-0.2, -0.15) is 8.42 Å². The summed E-state index contributed by atoms with van der Waals surface area (Å²) in [5.41, 5.74) is 0. The molecule has 1 aliphatic heterocycles. The molecule has 0 saturated carbocycles. The number of carbonyl (C=O) groups is 2. The van der Waals surface area contributed by atoms with Crippen LogP contribution in [0.15, 0.2) is 0 Å². The molecule has 0 radical (unpaired) electrons. The molecule has 1 heterocycles. The Balaban J connectivity index is 2.38. The van der Waals surface area contributed by atoms with Crippen molar-refractivity contribution in [2.24, 2.45) is 0 Å². The SMILES string of the molecule is O=C(O)COCC(=O)N1CCC(S(=O)(=O)F)C1. The maximum atomic E-state index is 12.6. The van der Waals surface area contributed by atoms with Gasteiger partial charge < -0.3 is 14.7 Å². The van der Waals surface area contributed by atoms with Crippen molar-refractivity contribution in [3.63, 3.8) is 0 Å². The Hall–Kier alpha value is -1.22. The molecular formula is C8H12FNO6S. The van der Waals surface area contributed by atoms with Gasteiger partial charge in [0.1, 0.15) is 18.5 Å². The highest BCUT2D eigenvalue weighted by atomic mass is 32.3. The minimum atomic E-state index is -4.63. The van der Waals surface area contributed by atoms with Gasteiger partial charge in [-0.05, 0) is 6.42 Å². The van der Waals surface area contributed by atoms with E-state index in [1.165, 1.54) is 0 Å². The van der Waals surface area contributed by atoms with Crippen LogP contribution >= 0.6 is 0 Å². The lowest BCUT2D eigenvalue weighted by Crippen LogP contribution is -2.34. The first-order chi connectivity index (χ1) is 7.80. The molecule has 1 aliphatic rings. The second kappa shape index (κ2) is 5.41. The molecule has 1 rings (SSSR count). The van der Waals surface area contributed by atoms with E-state index in [4.69, 9.17) is 5.11 Å². The summed E-state index contributed by atoms with van der Waals surface area (Å²) in [7, 11) is -4.63. The van der Waals surface area contributed by atoms with Gasteiger partial charge in [0.05, 0.1) is 0 Å². The molecule has 0 bridgehead atoms. The van der Waals surface area contributed by atoms with E-state index in [2.05, 4.69) is 4.74 Å². The molecular weight excluding hydrogens is 257 g/mol. The van der Waals surface area contributed by atoms with Gasteiger partial charge in [-0.1, -0.05) is 0 Å². The average molecular weight is 269 g/mol. The van der Waals surface area contributed by atoms with Gasteiger partial charge >= 0.3 is 16.2 Å². The van der Waals surface area contributed by atoms with Gasteiger partial charge in [0.15, 0.2) is 0 Å². The number of carboxylic acids is 1. The second-order valence-electron chi connectivity index (χ2n) is 3.61. The minimum Gasteiger partial charge on any atom is -0.480 e. The van der Waals surface area contributed by atoms with Crippen LogP contribution in [0.4, 0.5) is 3.89 Å². The standard InChI is InChI=1S/C8H12FNO6S/c9-17(14,15)6-1-2-10(3-6)7(11)4-16-5-8(12)13/h6H,1-5H2,(H,12,13). The normalized spacial score (nSPS) is 20.5. The Labute approximate surface area is 97.4 Å². The van der Waals surface area contributed by atoms with E-state index >= 15 is 0 Å². The molecule has 0 aliphatic carbocycles. The fraction of sp³-hybridized carbons (Fsp3) is 0.750. The Morgan fingerprint density at radius 1 is 1.41 bits per heavy atom. The maximum absolute atomic E-state index is 12.6. The summed E-state index contributed by atoms with van der Waals surface area (Å²) in [6.45, 7) is -1.15. The van der Waals surface area contributed by atoms with Crippen molar-refractivity contribution in [3.8, 4) is 0 Å². The lowest BCUT2D eigenvalue weighted by atomic mass is 10.4. The third kappa shape index (κ3) is 4.27. The fourth-order valence-electron chi connectivity index (χ4n) is 1.50. The number of amides is 1. The molecule has 1 atom stereocenters. The van der Waals surface area contributed by atoms with E-state index in [-0.39, 0.29) is 19.5 Å². The highest BCUT2D eigenvalue weighted by Gasteiger charge is 2.35. The first-order valence-corrected chi connectivity index (χ1v) is 6.26. The molecule has 0 aromatic heterocycles. The summed E-state index contributed by atoms with van der Waals surface area (Å²) in [5.74, 6) is -1.75. The number of halogens is 1. The summed E-state index contributed by atoms with van der Waals surface area (Å²) < 4.78 is 38.4. The first kappa shape index (κ1) is 13.8. The zero-order valence-electron chi connectivity index (χ0n) is 8.83. The largest absolute Gasteiger partial charge is 0.480 e. The third-order valence-electron chi connectivity index (χ3n) is 2.35. The maximum Gasteiger partial charge on any atom is 0.329 e. The van der Waals surface area contributed by atoms with Gasteiger partial charge in [0.25, 0.3) is 0 Å². The third-order valence-corrected chi connectivity index (χ3v) is 3.53. The Morgan fingerprint density at radius 3 is 2.53 bits per heavy atom. The molecule has 1 unspecified atom stereocenters. The monoisotopic (exact) mass is 269 g/mol. The quantitative estimate of drug-likeness (QED) is 0.642. The first-order valence-electron chi connectivity index (χ1n) is 4.81. The zero-order valence-corrected chi connectivity index (χ0v) is 9.65. The van der Waals surface area contributed by atoms with Crippen LogP contribution in [-0.2, 0) is 24.5 Å². The molecule has 7 nitrogen and oxygen atoms in total. The molecule has 9 heteroatoms. The van der Waals surface area contributed by atoms with E-state index in [0.717, 1.165) is 4.90 Å². The average Bonchev–Trinajstić information content (AvgIpc) is 2.64. The molecule has 1 amide bonds. The van der Waals surface area contributed by atoms with E-state index < -0.39 is 40.6 Å². The lowest BCUT2D eigenvalue weighted by molar-refractivity contribution is -0.145. The van der Waals surface area contributed by atoms with Gasteiger partial charge in [0, 0.05) is 13.1 Å². The number of rotatable bonds is 5. The fourth-order valence-corrected chi connectivity index (χ4v) is 2.25. The van der Waals surface area contributed by atoms with Crippen molar-refractivity contribution >= 4 is 22.1 Å². The van der Waals surface area contributed by atoms with Crippen molar-refractivity contribution in [2.45, 2.75) is 11.7 Å². The molecule has 0 aromatic rings. The van der Waals surface area contributed by atoms with Gasteiger partial charge in [-0.3, -0.25) is 4.79 Å². The van der Waals surface area contributed by atoms with Crippen LogP contribution in [0.3, 0.4) is 0 Å². The van der Waals surface area contributed by atoms with E-state index in [1.807, 2.05) is 0 Å². The summed E-state index contributed by atoms with van der Waals surface area (Å²) in [4.78, 5) is 22.6. The Morgan fingerprint density at radius 2 is 2.06 bits per heavy atom. The number of nitrogens with zero attached hydrogens (tertiary/aromatic N) is 1. The van der Waals surface area contributed by atoms with Gasteiger partial charge in [-0.25, -0.2) is 4.79 Å². The summed E-state index contributed by atoms with van der Waals surface area (Å²) >= 11 is 0. The number of carboxylic acid groups (broad SMARTS) is 1.